The Hall–Kier alpha value is -3.48. The summed E-state index contributed by atoms with van der Waals surface area (Å²) in [7, 11) is 0. The van der Waals surface area contributed by atoms with Crippen molar-refractivity contribution in [2.24, 2.45) is 0 Å². The van der Waals surface area contributed by atoms with Gasteiger partial charge in [-0.1, -0.05) is 30.3 Å². The highest BCUT2D eigenvalue weighted by atomic mass is 16.5. The molecule has 1 atom stereocenters. The molecule has 3 aromatic heterocycles. The Morgan fingerprint density at radius 3 is 2.48 bits per heavy atom. The molecule has 4 rings (SSSR count). The molecule has 4 aromatic rings. The van der Waals surface area contributed by atoms with E-state index in [1.165, 1.54) is 0 Å². The van der Waals surface area contributed by atoms with Gasteiger partial charge in [-0.15, -0.1) is 5.10 Å². The number of rotatable bonds is 6. The van der Waals surface area contributed by atoms with E-state index in [0.29, 0.717) is 30.4 Å². The fraction of sp³-hybridized carbons (Fsp3) is 0.273. The minimum atomic E-state index is -0.510. The van der Waals surface area contributed by atoms with E-state index in [1.807, 2.05) is 73.9 Å². The van der Waals surface area contributed by atoms with Gasteiger partial charge < -0.3 is 4.74 Å². The van der Waals surface area contributed by atoms with E-state index in [4.69, 9.17) is 4.74 Å². The number of aryl methyl sites for hydroxylation is 2. The largest absolute Gasteiger partial charge is 0.465 e. The van der Waals surface area contributed by atoms with Crippen molar-refractivity contribution in [2.75, 3.05) is 6.61 Å². The first-order chi connectivity index (χ1) is 14.1. The maximum atomic E-state index is 12.8. The summed E-state index contributed by atoms with van der Waals surface area (Å²) in [6.07, 6.45) is 2.17. The van der Waals surface area contributed by atoms with Crippen molar-refractivity contribution in [3.05, 3.63) is 77.4 Å². The van der Waals surface area contributed by atoms with Gasteiger partial charge in [0.05, 0.1) is 12.3 Å². The predicted molar refractivity (Wildman–Crippen MR) is 109 cm³/mol. The van der Waals surface area contributed by atoms with Crippen LogP contribution in [-0.4, -0.2) is 36.7 Å². The van der Waals surface area contributed by atoms with Gasteiger partial charge in [-0.2, -0.15) is 9.50 Å². The van der Waals surface area contributed by atoms with Gasteiger partial charge in [0.15, 0.2) is 0 Å². The summed E-state index contributed by atoms with van der Waals surface area (Å²) in [5, 5.41) is 4.68. The number of ether oxygens (including phenoxy) is 1. The predicted octanol–water partition coefficient (Wildman–Crippen LogP) is 3.42. The van der Waals surface area contributed by atoms with Crippen molar-refractivity contribution in [3.8, 4) is 5.95 Å². The van der Waals surface area contributed by atoms with Crippen LogP contribution in [0.1, 0.15) is 35.5 Å². The SMILES string of the molecule is CCOC(=O)[C@H](Cc1ccccc1)c1ccnc2nc(-n3c(C)ccc3C)nn12. The zero-order valence-electron chi connectivity index (χ0n) is 16.7. The van der Waals surface area contributed by atoms with Crippen LogP contribution in [0.2, 0.25) is 0 Å². The van der Waals surface area contributed by atoms with Gasteiger partial charge in [-0.25, -0.2) is 4.98 Å². The van der Waals surface area contributed by atoms with Gasteiger partial charge in [0.25, 0.3) is 11.7 Å². The third-order valence-electron chi connectivity index (χ3n) is 4.94. The molecule has 7 nitrogen and oxygen atoms in total. The second kappa shape index (κ2) is 7.87. The lowest BCUT2D eigenvalue weighted by atomic mass is 9.96. The number of benzene rings is 1. The minimum absolute atomic E-state index is 0.283. The minimum Gasteiger partial charge on any atom is -0.465 e. The van der Waals surface area contributed by atoms with Crippen molar-refractivity contribution in [1.82, 2.24) is 24.1 Å². The van der Waals surface area contributed by atoms with Gasteiger partial charge in [0, 0.05) is 17.6 Å². The summed E-state index contributed by atoms with van der Waals surface area (Å²) < 4.78 is 8.99. The van der Waals surface area contributed by atoms with Gasteiger partial charge in [0.1, 0.15) is 5.92 Å². The lowest BCUT2D eigenvalue weighted by Crippen LogP contribution is -2.21. The Labute approximate surface area is 169 Å². The molecule has 0 unspecified atom stereocenters. The zero-order valence-corrected chi connectivity index (χ0v) is 16.7. The Bertz CT molecular complexity index is 1130. The Morgan fingerprint density at radius 2 is 1.79 bits per heavy atom. The van der Waals surface area contributed by atoms with E-state index in [9.17, 15) is 4.79 Å². The number of fused-ring (bicyclic) bond motifs is 1. The summed E-state index contributed by atoms with van der Waals surface area (Å²) in [4.78, 5) is 21.8. The van der Waals surface area contributed by atoms with Crippen molar-refractivity contribution >= 4 is 11.7 Å². The van der Waals surface area contributed by atoms with Gasteiger partial charge >= 0.3 is 5.97 Å². The number of nitrogens with zero attached hydrogens (tertiary/aromatic N) is 5. The van der Waals surface area contributed by atoms with Crippen LogP contribution in [-0.2, 0) is 16.0 Å². The summed E-state index contributed by atoms with van der Waals surface area (Å²) >= 11 is 0. The highest BCUT2D eigenvalue weighted by Gasteiger charge is 2.26. The number of carbonyl (C=O) groups excluding carboxylic acids is 1. The maximum absolute atomic E-state index is 12.8. The van der Waals surface area contributed by atoms with Crippen LogP contribution in [0.15, 0.2) is 54.7 Å². The van der Waals surface area contributed by atoms with Crippen LogP contribution in [0.25, 0.3) is 11.7 Å². The lowest BCUT2D eigenvalue weighted by Gasteiger charge is -2.16. The molecule has 0 saturated carbocycles. The standard InChI is InChI=1S/C22H23N5O2/c1-4-29-20(28)18(14-17-8-6-5-7-9-17)19-12-13-23-21-24-22(25-27(19)21)26-15(2)10-11-16(26)3/h5-13,18H,4,14H2,1-3H3/t18-/m1/s1. The smallest absolute Gasteiger partial charge is 0.315 e. The van der Waals surface area contributed by atoms with Crippen LogP contribution in [0.5, 0.6) is 0 Å². The Morgan fingerprint density at radius 1 is 1.07 bits per heavy atom. The molecule has 29 heavy (non-hydrogen) atoms. The molecule has 0 fully saturated rings. The molecule has 7 heteroatoms. The second-order valence-corrected chi connectivity index (χ2v) is 6.94. The van der Waals surface area contributed by atoms with Crippen molar-refractivity contribution < 1.29 is 9.53 Å². The fourth-order valence-corrected chi connectivity index (χ4v) is 3.54. The molecule has 0 N–H and O–H groups in total. The van der Waals surface area contributed by atoms with Crippen LogP contribution in [0.4, 0.5) is 0 Å². The fourth-order valence-electron chi connectivity index (χ4n) is 3.54. The molecule has 0 radical (unpaired) electrons. The first-order valence-electron chi connectivity index (χ1n) is 9.66. The van der Waals surface area contributed by atoms with E-state index in [2.05, 4.69) is 15.1 Å². The number of esters is 1. The van der Waals surface area contributed by atoms with E-state index in [-0.39, 0.29) is 5.97 Å². The third kappa shape index (κ3) is 3.63. The number of carbonyl (C=O) groups is 1. The molecule has 3 heterocycles. The first kappa shape index (κ1) is 18.9. The van der Waals surface area contributed by atoms with Gasteiger partial charge in [-0.3, -0.25) is 9.36 Å². The van der Waals surface area contributed by atoms with Crippen molar-refractivity contribution in [2.45, 2.75) is 33.1 Å². The van der Waals surface area contributed by atoms with Crippen LogP contribution >= 0.6 is 0 Å². The van der Waals surface area contributed by atoms with Crippen LogP contribution in [0.3, 0.4) is 0 Å². The number of hydrogen-bond acceptors (Lipinski definition) is 5. The molecule has 0 amide bonds. The second-order valence-electron chi connectivity index (χ2n) is 6.94. The summed E-state index contributed by atoms with van der Waals surface area (Å²) in [5.74, 6) is 0.193. The summed E-state index contributed by atoms with van der Waals surface area (Å²) in [5.41, 5.74) is 3.82. The topological polar surface area (TPSA) is 74.3 Å². The highest BCUT2D eigenvalue weighted by molar-refractivity contribution is 5.78. The molecule has 148 valence electrons. The van der Waals surface area contributed by atoms with E-state index < -0.39 is 5.92 Å². The third-order valence-corrected chi connectivity index (χ3v) is 4.94. The van der Waals surface area contributed by atoms with Crippen LogP contribution in [0, 0.1) is 13.8 Å². The zero-order chi connectivity index (χ0) is 20.4. The first-order valence-corrected chi connectivity index (χ1v) is 9.66. The van der Waals surface area contributed by atoms with Crippen molar-refractivity contribution in [1.29, 1.82) is 0 Å². The Balaban J connectivity index is 1.82. The van der Waals surface area contributed by atoms with Crippen LogP contribution < -0.4 is 0 Å². The molecule has 0 aliphatic carbocycles. The molecular formula is C22H23N5O2. The molecule has 0 spiro atoms. The average Bonchev–Trinajstić information content (AvgIpc) is 3.29. The average molecular weight is 389 g/mol. The van der Waals surface area contributed by atoms with Gasteiger partial charge in [0.2, 0.25) is 0 Å². The highest BCUT2D eigenvalue weighted by Crippen LogP contribution is 2.24. The lowest BCUT2D eigenvalue weighted by molar-refractivity contribution is -0.145. The summed E-state index contributed by atoms with van der Waals surface area (Å²) in [6.45, 7) is 6.14. The molecule has 0 aliphatic rings. The maximum Gasteiger partial charge on any atom is 0.315 e. The normalized spacial score (nSPS) is 12.2. The summed E-state index contributed by atoms with van der Waals surface area (Å²) in [6, 6.07) is 15.7. The molecular weight excluding hydrogens is 366 g/mol. The van der Waals surface area contributed by atoms with E-state index in [0.717, 1.165) is 17.0 Å². The number of aromatic nitrogens is 5. The van der Waals surface area contributed by atoms with E-state index in [1.54, 1.807) is 10.7 Å². The molecule has 1 aromatic carbocycles. The quantitative estimate of drug-likeness (QED) is 0.473. The molecule has 0 bridgehead atoms. The van der Waals surface area contributed by atoms with Gasteiger partial charge in [-0.05, 0) is 51.0 Å². The van der Waals surface area contributed by atoms with E-state index >= 15 is 0 Å². The molecule has 0 saturated heterocycles. The number of hydrogen-bond donors (Lipinski definition) is 0. The monoisotopic (exact) mass is 389 g/mol. The molecule has 0 aliphatic heterocycles. The van der Waals surface area contributed by atoms with Crippen molar-refractivity contribution in [3.63, 3.8) is 0 Å². The Kier molecular flexibility index (Phi) is 5.12.